The molecule has 6 nitrogen and oxygen atoms in total. The van der Waals surface area contributed by atoms with Crippen LogP contribution in [0.4, 0.5) is 0 Å². The van der Waals surface area contributed by atoms with Crippen LogP contribution in [-0.2, 0) is 10.3 Å². The van der Waals surface area contributed by atoms with Gasteiger partial charge in [-0.25, -0.2) is 0 Å². The smallest absolute Gasteiger partial charge is 0.258 e. The number of hydrogen-bond donors (Lipinski definition) is 1. The summed E-state index contributed by atoms with van der Waals surface area (Å²) in [6.45, 7) is 2.11. The lowest BCUT2D eigenvalue weighted by atomic mass is 10.1. The number of nitrogens with zero attached hydrogens (tertiary/aromatic N) is 3. The zero-order valence-electron chi connectivity index (χ0n) is 9.75. The van der Waals surface area contributed by atoms with Crippen molar-refractivity contribution >= 4 is 0 Å². The van der Waals surface area contributed by atoms with Gasteiger partial charge >= 0.3 is 0 Å². The van der Waals surface area contributed by atoms with Gasteiger partial charge in [0.1, 0.15) is 5.54 Å². The van der Waals surface area contributed by atoms with E-state index in [-0.39, 0.29) is 0 Å². The standard InChI is InChI=1S/C11H14N4O2/c1-11(12,7-16-2)10-14-9(17-15-10)8-3-5-13-6-4-8/h3-6H,7,12H2,1-2H3. The fraction of sp³-hybridized carbons (Fsp3) is 0.364. The topological polar surface area (TPSA) is 87.1 Å². The van der Waals surface area contributed by atoms with Crippen molar-refractivity contribution in [1.29, 1.82) is 0 Å². The summed E-state index contributed by atoms with van der Waals surface area (Å²) >= 11 is 0. The molecule has 17 heavy (non-hydrogen) atoms. The number of hydrogen-bond acceptors (Lipinski definition) is 6. The fourth-order valence-corrected chi connectivity index (χ4v) is 1.43. The molecule has 1 unspecified atom stereocenters. The van der Waals surface area contributed by atoms with Crippen LogP contribution in [0.1, 0.15) is 12.7 Å². The third-order valence-electron chi connectivity index (χ3n) is 2.31. The first-order valence-corrected chi connectivity index (χ1v) is 5.16. The van der Waals surface area contributed by atoms with Crippen molar-refractivity contribution in [3.05, 3.63) is 30.4 Å². The summed E-state index contributed by atoms with van der Waals surface area (Å²) in [6.07, 6.45) is 3.33. The van der Waals surface area contributed by atoms with E-state index in [2.05, 4.69) is 15.1 Å². The molecule has 0 spiro atoms. The Balaban J connectivity index is 2.28. The van der Waals surface area contributed by atoms with E-state index < -0.39 is 5.54 Å². The monoisotopic (exact) mass is 234 g/mol. The second-order valence-electron chi connectivity index (χ2n) is 4.01. The van der Waals surface area contributed by atoms with Crippen molar-refractivity contribution in [2.75, 3.05) is 13.7 Å². The van der Waals surface area contributed by atoms with Gasteiger partial charge in [0.2, 0.25) is 0 Å². The molecule has 0 bridgehead atoms. The maximum atomic E-state index is 6.02. The van der Waals surface area contributed by atoms with Gasteiger partial charge in [0.15, 0.2) is 5.82 Å². The van der Waals surface area contributed by atoms with Crippen molar-refractivity contribution in [3.8, 4) is 11.5 Å². The van der Waals surface area contributed by atoms with Crippen LogP contribution in [0.25, 0.3) is 11.5 Å². The molecule has 1 atom stereocenters. The molecule has 2 N–H and O–H groups in total. The van der Waals surface area contributed by atoms with Crippen molar-refractivity contribution in [3.63, 3.8) is 0 Å². The SMILES string of the molecule is COCC(C)(N)c1noc(-c2ccncc2)n1. The summed E-state index contributed by atoms with van der Waals surface area (Å²) in [5.41, 5.74) is 6.07. The molecule has 2 heterocycles. The van der Waals surface area contributed by atoms with Gasteiger partial charge < -0.3 is 15.0 Å². The maximum absolute atomic E-state index is 6.02. The molecule has 6 heteroatoms. The highest BCUT2D eigenvalue weighted by Crippen LogP contribution is 2.20. The largest absolute Gasteiger partial charge is 0.382 e. The summed E-state index contributed by atoms with van der Waals surface area (Å²) < 4.78 is 10.2. The zero-order chi connectivity index (χ0) is 12.3. The number of nitrogens with two attached hydrogens (primary N) is 1. The lowest BCUT2D eigenvalue weighted by Crippen LogP contribution is -2.38. The predicted molar refractivity (Wildman–Crippen MR) is 60.9 cm³/mol. The van der Waals surface area contributed by atoms with Gasteiger partial charge in [-0.1, -0.05) is 5.16 Å². The number of methoxy groups -OCH3 is 1. The molecule has 0 aliphatic rings. The molecule has 0 aliphatic carbocycles. The van der Waals surface area contributed by atoms with Gasteiger partial charge in [0.25, 0.3) is 5.89 Å². The Morgan fingerprint density at radius 3 is 2.76 bits per heavy atom. The highest BCUT2D eigenvalue weighted by molar-refractivity contribution is 5.51. The van der Waals surface area contributed by atoms with Crippen LogP contribution in [0.15, 0.2) is 29.0 Å². The summed E-state index contributed by atoms with van der Waals surface area (Å²) in [5, 5.41) is 3.87. The molecule has 0 radical (unpaired) electrons. The van der Waals surface area contributed by atoms with Gasteiger partial charge in [-0.05, 0) is 19.1 Å². The van der Waals surface area contributed by atoms with E-state index in [1.807, 2.05) is 0 Å². The molecular weight excluding hydrogens is 220 g/mol. The highest BCUT2D eigenvalue weighted by Gasteiger charge is 2.27. The van der Waals surface area contributed by atoms with Gasteiger partial charge in [0.05, 0.1) is 6.61 Å². The van der Waals surface area contributed by atoms with Crippen LogP contribution in [0.5, 0.6) is 0 Å². The van der Waals surface area contributed by atoms with Crippen LogP contribution in [0.3, 0.4) is 0 Å². The van der Waals surface area contributed by atoms with Crippen LogP contribution in [0, 0.1) is 0 Å². The van der Waals surface area contributed by atoms with Crippen molar-refractivity contribution < 1.29 is 9.26 Å². The Hall–Kier alpha value is -1.79. The molecule has 0 aliphatic heterocycles. The summed E-state index contributed by atoms with van der Waals surface area (Å²) in [4.78, 5) is 8.18. The first-order valence-electron chi connectivity index (χ1n) is 5.16. The zero-order valence-corrected chi connectivity index (χ0v) is 9.75. The minimum absolute atomic E-state index is 0.322. The minimum Gasteiger partial charge on any atom is -0.382 e. The van der Waals surface area contributed by atoms with E-state index in [1.54, 1.807) is 38.6 Å². The normalized spacial score (nSPS) is 14.5. The predicted octanol–water partition coefficient (Wildman–Crippen LogP) is 0.952. The van der Waals surface area contributed by atoms with Crippen LogP contribution in [-0.4, -0.2) is 28.8 Å². The molecule has 2 aromatic rings. The molecule has 0 saturated carbocycles. The molecule has 0 aromatic carbocycles. The second-order valence-corrected chi connectivity index (χ2v) is 4.01. The second kappa shape index (κ2) is 4.60. The van der Waals surface area contributed by atoms with E-state index in [0.717, 1.165) is 5.56 Å². The number of aromatic nitrogens is 3. The van der Waals surface area contributed by atoms with E-state index in [9.17, 15) is 0 Å². The Morgan fingerprint density at radius 1 is 1.41 bits per heavy atom. The van der Waals surface area contributed by atoms with E-state index in [1.165, 1.54) is 0 Å². The van der Waals surface area contributed by atoms with Crippen molar-refractivity contribution in [1.82, 2.24) is 15.1 Å². The molecule has 0 amide bonds. The van der Waals surface area contributed by atoms with Crippen LogP contribution < -0.4 is 5.73 Å². The third kappa shape index (κ3) is 2.48. The Morgan fingerprint density at radius 2 is 2.12 bits per heavy atom. The van der Waals surface area contributed by atoms with E-state index in [4.69, 9.17) is 15.0 Å². The van der Waals surface area contributed by atoms with Gasteiger partial charge in [-0.3, -0.25) is 4.98 Å². The average Bonchev–Trinajstić information content (AvgIpc) is 2.80. The van der Waals surface area contributed by atoms with Gasteiger partial charge in [-0.2, -0.15) is 4.98 Å². The van der Waals surface area contributed by atoms with Gasteiger partial charge in [-0.15, -0.1) is 0 Å². The fourth-order valence-electron chi connectivity index (χ4n) is 1.43. The quantitative estimate of drug-likeness (QED) is 0.847. The lowest BCUT2D eigenvalue weighted by Gasteiger charge is -2.18. The molecule has 2 rings (SSSR count). The van der Waals surface area contributed by atoms with Crippen molar-refractivity contribution in [2.45, 2.75) is 12.5 Å². The molecular formula is C11H14N4O2. The summed E-state index contributed by atoms with van der Waals surface area (Å²) in [7, 11) is 1.58. The third-order valence-corrected chi connectivity index (χ3v) is 2.31. The van der Waals surface area contributed by atoms with E-state index >= 15 is 0 Å². The molecule has 0 fully saturated rings. The van der Waals surface area contributed by atoms with Gasteiger partial charge in [0, 0.05) is 25.1 Å². The summed E-state index contributed by atoms with van der Waals surface area (Å²) in [6, 6.07) is 3.59. The Bertz CT molecular complexity index is 481. The first-order chi connectivity index (χ1) is 8.13. The average molecular weight is 234 g/mol. The van der Waals surface area contributed by atoms with Crippen LogP contribution in [0.2, 0.25) is 0 Å². The molecule has 0 saturated heterocycles. The molecule has 90 valence electrons. The lowest BCUT2D eigenvalue weighted by molar-refractivity contribution is 0.135. The number of rotatable bonds is 4. The maximum Gasteiger partial charge on any atom is 0.258 e. The number of ether oxygens (including phenoxy) is 1. The van der Waals surface area contributed by atoms with Crippen LogP contribution >= 0.6 is 0 Å². The number of pyridine rings is 1. The first kappa shape index (κ1) is 11.7. The minimum atomic E-state index is -0.760. The Kier molecular flexibility index (Phi) is 3.16. The summed E-state index contributed by atoms with van der Waals surface area (Å²) in [5.74, 6) is 0.848. The highest BCUT2D eigenvalue weighted by atomic mass is 16.5. The Labute approximate surface area is 98.8 Å². The van der Waals surface area contributed by atoms with Crippen molar-refractivity contribution in [2.24, 2.45) is 5.73 Å². The van der Waals surface area contributed by atoms with E-state index in [0.29, 0.717) is 18.3 Å². The molecule has 2 aromatic heterocycles.